The van der Waals surface area contributed by atoms with Crippen LogP contribution in [0.3, 0.4) is 0 Å². The second kappa shape index (κ2) is 5.11. The molecule has 0 aliphatic rings. The van der Waals surface area contributed by atoms with Crippen LogP contribution in [0.15, 0.2) is 0 Å². The zero-order chi connectivity index (χ0) is 8.91. The Hall–Kier alpha value is 0.390. The fourth-order valence-corrected chi connectivity index (χ4v) is 2.01. The monoisotopic (exact) mass is 175 g/mol. The molecule has 0 rings (SSSR count). The second-order valence-corrected chi connectivity index (χ2v) is 6.56. The van der Waals surface area contributed by atoms with E-state index in [1.54, 1.807) is 0 Å². The zero-order valence-corrected chi connectivity index (χ0v) is 9.49. The van der Waals surface area contributed by atoms with Gasteiger partial charge in [0.2, 0.25) is 0 Å². The zero-order valence-electron chi connectivity index (χ0n) is 8.49. The van der Waals surface area contributed by atoms with Gasteiger partial charge in [0.25, 0.3) is 0 Å². The van der Waals surface area contributed by atoms with Gasteiger partial charge in [0.05, 0.1) is 0 Å². The molecule has 1 N–H and O–H groups in total. The fraction of sp³-hybridized carbons (Fsp3) is 1.00. The summed E-state index contributed by atoms with van der Waals surface area (Å²) in [6.45, 7) is 10.4. The minimum absolute atomic E-state index is 0.530. The van der Waals surface area contributed by atoms with E-state index in [4.69, 9.17) is 0 Å². The SMILES string of the molecule is CNCC(C)CPC(C)(C)C. The van der Waals surface area contributed by atoms with Gasteiger partial charge in [-0.3, -0.25) is 0 Å². The van der Waals surface area contributed by atoms with Crippen LogP contribution >= 0.6 is 8.58 Å². The van der Waals surface area contributed by atoms with E-state index < -0.39 is 0 Å². The van der Waals surface area contributed by atoms with E-state index in [0.29, 0.717) is 5.16 Å². The Morgan fingerprint density at radius 3 is 2.27 bits per heavy atom. The summed E-state index contributed by atoms with van der Waals surface area (Å²) in [5, 5.41) is 3.74. The Morgan fingerprint density at radius 1 is 1.36 bits per heavy atom. The maximum atomic E-state index is 3.21. The van der Waals surface area contributed by atoms with Crippen molar-refractivity contribution in [2.45, 2.75) is 32.9 Å². The highest BCUT2D eigenvalue weighted by molar-refractivity contribution is 7.39. The van der Waals surface area contributed by atoms with Crippen molar-refractivity contribution in [3.8, 4) is 0 Å². The molecule has 0 amide bonds. The Bertz CT molecular complexity index is 96.2. The summed E-state index contributed by atoms with van der Waals surface area (Å²) in [7, 11) is 3.12. The topological polar surface area (TPSA) is 12.0 Å². The molecule has 11 heavy (non-hydrogen) atoms. The van der Waals surface area contributed by atoms with E-state index >= 15 is 0 Å². The predicted molar refractivity (Wildman–Crippen MR) is 56.0 cm³/mol. The summed E-state index contributed by atoms with van der Waals surface area (Å²) in [5.74, 6) is 0.831. The molecule has 0 aliphatic carbocycles. The average Bonchev–Trinajstić information content (AvgIpc) is 1.83. The van der Waals surface area contributed by atoms with E-state index in [1.807, 2.05) is 7.05 Å². The van der Waals surface area contributed by atoms with Crippen LogP contribution in [-0.2, 0) is 0 Å². The third kappa shape index (κ3) is 8.29. The van der Waals surface area contributed by atoms with Crippen molar-refractivity contribution in [1.82, 2.24) is 5.32 Å². The molecule has 0 aromatic heterocycles. The van der Waals surface area contributed by atoms with Gasteiger partial charge in [-0.15, -0.1) is 8.58 Å². The molecule has 0 aromatic carbocycles. The molecule has 0 aliphatic heterocycles. The first-order valence-electron chi connectivity index (χ1n) is 4.35. The molecule has 0 saturated heterocycles. The molecule has 0 fully saturated rings. The van der Waals surface area contributed by atoms with Gasteiger partial charge in [-0.1, -0.05) is 27.7 Å². The molecule has 2 unspecified atom stereocenters. The fourth-order valence-electron chi connectivity index (χ4n) is 0.901. The molecule has 0 bridgehead atoms. The molecular formula is C9H22NP. The van der Waals surface area contributed by atoms with Crippen LogP contribution in [0.5, 0.6) is 0 Å². The molecule has 68 valence electrons. The normalized spacial score (nSPS) is 16.1. The molecular weight excluding hydrogens is 153 g/mol. The van der Waals surface area contributed by atoms with Crippen molar-refractivity contribution < 1.29 is 0 Å². The lowest BCUT2D eigenvalue weighted by Crippen LogP contribution is -2.19. The number of hydrogen-bond donors (Lipinski definition) is 1. The number of hydrogen-bond acceptors (Lipinski definition) is 1. The van der Waals surface area contributed by atoms with Gasteiger partial charge >= 0.3 is 0 Å². The standard InChI is InChI=1S/C9H22NP/c1-8(6-10-5)7-11-9(2,3)4/h8,10-11H,6-7H2,1-5H3. The number of nitrogens with one attached hydrogen (secondary N) is 1. The van der Waals surface area contributed by atoms with E-state index in [0.717, 1.165) is 21.0 Å². The van der Waals surface area contributed by atoms with Crippen LogP contribution in [0.1, 0.15) is 27.7 Å². The minimum Gasteiger partial charge on any atom is -0.319 e. The maximum Gasteiger partial charge on any atom is -0.00229 e. The first kappa shape index (κ1) is 11.4. The largest absolute Gasteiger partial charge is 0.319 e. The third-order valence-corrected chi connectivity index (χ3v) is 3.50. The summed E-state index contributed by atoms with van der Waals surface area (Å²) in [4.78, 5) is 0. The van der Waals surface area contributed by atoms with Gasteiger partial charge in [0.15, 0.2) is 0 Å². The molecule has 0 spiro atoms. The first-order valence-corrected chi connectivity index (χ1v) is 5.56. The Kier molecular flexibility index (Phi) is 5.29. The third-order valence-electron chi connectivity index (χ3n) is 1.53. The van der Waals surface area contributed by atoms with Gasteiger partial charge in [-0.05, 0) is 30.8 Å². The van der Waals surface area contributed by atoms with Crippen molar-refractivity contribution in [1.29, 1.82) is 0 Å². The summed E-state index contributed by atoms with van der Waals surface area (Å²) >= 11 is 0. The molecule has 2 heteroatoms. The lowest BCUT2D eigenvalue weighted by Gasteiger charge is -2.20. The van der Waals surface area contributed by atoms with Crippen LogP contribution < -0.4 is 5.32 Å². The predicted octanol–water partition coefficient (Wildman–Crippen LogP) is 2.32. The van der Waals surface area contributed by atoms with Crippen LogP contribution in [0, 0.1) is 5.92 Å². The Balaban J connectivity index is 3.38. The minimum atomic E-state index is 0.530. The molecule has 0 radical (unpaired) electrons. The van der Waals surface area contributed by atoms with E-state index in [1.165, 1.54) is 6.16 Å². The highest BCUT2D eigenvalue weighted by Gasteiger charge is 2.11. The summed E-state index contributed by atoms with van der Waals surface area (Å²) in [5.41, 5.74) is 0. The van der Waals surface area contributed by atoms with Gasteiger partial charge < -0.3 is 5.32 Å². The van der Waals surface area contributed by atoms with E-state index in [-0.39, 0.29) is 0 Å². The highest BCUT2D eigenvalue weighted by Crippen LogP contribution is 2.31. The summed E-state index contributed by atoms with van der Waals surface area (Å²) in [6, 6.07) is 0. The molecule has 0 saturated carbocycles. The van der Waals surface area contributed by atoms with Gasteiger partial charge in [-0.25, -0.2) is 0 Å². The molecule has 0 heterocycles. The molecule has 2 atom stereocenters. The van der Waals surface area contributed by atoms with Crippen molar-refractivity contribution in [3.05, 3.63) is 0 Å². The van der Waals surface area contributed by atoms with Crippen LogP contribution in [0.2, 0.25) is 0 Å². The Morgan fingerprint density at radius 2 is 1.91 bits per heavy atom. The van der Waals surface area contributed by atoms with E-state index in [9.17, 15) is 0 Å². The molecule has 0 aromatic rings. The van der Waals surface area contributed by atoms with Gasteiger partial charge in [0, 0.05) is 0 Å². The van der Waals surface area contributed by atoms with Crippen LogP contribution in [0.25, 0.3) is 0 Å². The quantitative estimate of drug-likeness (QED) is 0.646. The summed E-state index contributed by atoms with van der Waals surface area (Å²) in [6.07, 6.45) is 1.37. The Labute approximate surface area is 73.1 Å². The summed E-state index contributed by atoms with van der Waals surface area (Å²) < 4.78 is 0. The van der Waals surface area contributed by atoms with Crippen molar-refractivity contribution in [3.63, 3.8) is 0 Å². The van der Waals surface area contributed by atoms with Crippen molar-refractivity contribution in [2.24, 2.45) is 5.92 Å². The maximum absolute atomic E-state index is 3.21. The smallest absolute Gasteiger partial charge is 0.00229 e. The van der Waals surface area contributed by atoms with Crippen molar-refractivity contribution >= 4 is 8.58 Å². The second-order valence-electron chi connectivity index (χ2n) is 4.29. The van der Waals surface area contributed by atoms with Crippen LogP contribution in [0.4, 0.5) is 0 Å². The van der Waals surface area contributed by atoms with E-state index in [2.05, 4.69) is 33.0 Å². The van der Waals surface area contributed by atoms with Crippen molar-refractivity contribution in [2.75, 3.05) is 19.8 Å². The van der Waals surface area contributed by atoms with Crippen LogP contribution in [-0.4, -0.2) is 24.9 Å². The van der Waals surface area contributed by atoms with Gasteiger partial charge in [0.1, 0.15) is 0 Å². The molecule has 1 nitrogen and oxygen atoms in total. The number of rotatable bonds is 4. The lowest BCUT2D eigenvalue weighted by molar-refractivity contribution is 0.598. The van der Waals surface area contributed by atoms with Gasteiger partial charge in [-0.2, -0.15) is 0 Å². The highest BCUT2D eigenvalue weighted by atomic mass is 31.1. The lowest BCUT2D eigenvalue weighted by atomic mass is 10.2. The average molecular weight is 175 g/mol. The first-order chi connectivity index (χ1) is 4.95.